The highest BCUT2D eigenvalue weighted by atomic mass is 16.5. The van der Waals surface area contributed by atoms with E-state index in [-0.39, 0.29) is 0 Å². The molecule has 4 N–H and O–H groups in total. The first-order valence-electron chi connectivity index (χ1n) is 4.98. The highest BCUT2D eigenvalue weighted by Gasteiger charge is 2.01. The van der Waals surface area contributed by atoms with Crippen molar-refractivity contribution >= 4 is 5.69 Å². The van der Waals surface area contributed by atoms with Crippen LogP contribution in [0.3, 0.4) is 0 Å². The van der Waals surface area contributed by atoms with Gasteiger partial charge in [-0.3, -0.25) is 0 Å². The van der Waals surface area contributed by atoms with Crippen LogP contribution in [0.25, 0.3) is 0 Å². The Labute approximate surface area is 90.2 Å². The van der Waals surface area contributed by atoms with Gasteiger partial charge in [-0.2, -0.15) is 0 Å². The molecule has 0 aliphatic carbocycles. The first-order chi connectivity index (χ1) is 7.27. The maximum Gasteiger partial charge on any atom is 0.119 e. The Morgan fingerprint density at radius 1 is 1.27 bits per heavy atom. The number of benzene rings is 1. The number of anilines is 1. The third-order valence-corrected chi connectivity index (χ3v) is 2.08. The molecule has 1 aromatic rings. The lowest BCUT2D eigenvalue weighted by Crippen LogP contribution is -2.07. The Balaban J connectivity index is 2.61. The zero-order chi connectivity index (χ0) is 11.1. The molecule has 0 aliphatic rings. The van der Waals surface area contributed by atoms with E-state index in [9.17, 15) is 0 Å². The second kappa shape index (κ2) is 6.27. The molecular weight excluding hydrogens is 192 g/mol. The van der Waals surface area contributed by atoms with Crippen molar-refractivity contribution in [2.24, 2.45) is 5.73 Å². The van der Waals surface area contributed by atoms with Crippen LogP contribution in [-0.4, -0.2) is 26.9 Å². The van der Waals surface area contributed by atoms with E-state index < -0.39 is 0 Å². The molecule has 4 nitrogen and oxygen atoms in total. The third-order valence-electron chi connectivity index (χ3n) is 2.08. The van der Waals surface area contributed by atoms with Gasteiger partial charge in [-0.1, -0.05) is 0 Å². The molecule has 0 aromatic heterocycles. The lowest BCUT2D eigenvalue weighted by atomic mass is 10.1. The molecule has 4 heteroatoms. The van der Waals surface area contributed by atoms with Gasteiger partial charge in [-0.25, -0.2) is 0 Å². The highest BCUT2D eigenvalue weighted by molar-refractivity contribution is 5.50. The molecule has 0 bridgehead atoms. The van der Waals surface area contributed by atoms with Gasteiger partial charge in [0, 0.05) is 12.8 Å². The minimum absolute atomic E-state index is 0.544. The molecule has 1 rings (SSSR count). The highest BCUT2D eigenvalue weighted by Crippen LogP contribution is 2.19. The largest absolute Gasteiger partial charge is 0.491 e. The van der Waals surface area contributed by atoms with Crippen molar-refractivity contribution in [2.75, 3.05) is 32.6 Å². The van der Waals surface area contributed by atoms with E-state index in [0.717, 1.165) is 23.4 Å². The van der Waals surface area contributed by atoms with Crippen LogP contribution in [0.2, 0.25) is 0 Å². The number of ether oxygens (including phenoxy) is 2. The van der Waals surface area contributed by atoms with Crippen molar-refractivity contribution in [2.45, 2.75) is 6.42 Å². The molecule has 0 radical (unpaired) electrons. The predicted octanol–water partition coefficient (Wildman–Crippen LogP) is 0.795. The Kier molecular flexibility index (Phi) is 4.93. The molecule has 1 aromatic carbocycles. The second-order valence-corrected chi connectivity index (χ2v) is 3.24. The fourth-order valence-electron chi connectivity index (χ4n) is 1.29. The molecule has 84 valence electrons. The number of nitrogens with two attached hydrogens (primary N) is 2. The summed E-state index contributed by atoms with van der Waals surface area (Å²) in [7, 11) is 1.65. The maximum absolute atomic E-state index is 5.79. The molecule has 0 amide bonds. The summed E-state index contributed by atoms with van der Waals surface area (Å²) in [6.07, 6.45) is 0.771. The minimum Gasteiger partial charge on any atom is -0.491 e. The summed E-state index contributed by atoms with van der Waals surface area (Å²) < 4.78 is 10.4. The number of rotatable bonds is 6. The summed E-state index contributed by atoms with van der Waals surface area (Å²) in [4.78, 5) is 0. The SMILES string of the molecule is COCCOc1ccc(N)c(CCN)c1. The van der Waals surface area contributed by atoms with Crippen LogP contribution in [0.1, 0.15) is 5.56 Å². The van der Waals surface area contributed by atoms with E-state index in [4.69, 9.17) is 20.9 Å². The lowest BCUT2D eigenvalue weighted by molar-refractivity contribution is 0.146. The lowest BCUT2D eigenvalue weighted by Gasteiger charge is -2.09. The first kappa shape index (κ1) is 11.8. The molecule has 15 heavy (non-hydrogen) atoms. The first-order valence-corrected chi connectivity index (χ1v) is 4.98. The third kappa shape index (κ3) is 3.77. The smallest absolute Gasteiger partial charge is 0.119 e. The Hall–Kier alpha value is -1.26. The van der Waals surface area contributed by atoms with Gasteiger partial charge >= 0.3 is 0 Å². The normalized spacial score (nSPS) is 10.3. The molecule has 0 fully saturated rings. The summed E-state index contributed by atoms with van der Waals surface area (Å²) >= 11 is 0. The molecule has 0 spiro atoms. The van der Waals surface area contributed by atoms with Crippen molar-refractivity contribution in [3.05, 3.63) is 23.8 Å². The molecule has 0 saturated heterocycles. The van der Waals surface area contributed by atoms with Gasteiger partial charge in [0.2, 0.25) is 0 Å². The summed E-state index contributed by atoms with van der Waals surface area (Å²) in [5, 5.41) is 0. The summed E-state index contributed by atoms with van der Waals surface area (Å²) in [5.74, 6) is 0.810. The zero-order valence-electron chi connectivity index (χ0n) is 9.03. The number of hydrogen-bond acceptors (Lipinski definition) is 4. The maximum atomic E-state index is 5.79. The number of methoxy groups -OCH3 is 1. The van der Waals surface area contributed by atoms with Gasteiger partial charge in [0.15, 0.2) is 0 Å². The topological polar surface area (TPSA) is 70.5 Å². The van der Waals surface area contributed by atoms with E-state index in [2.05, 4.69) is 0 Å². The van der Waals surface area contributed by atoms with Crippen LogP contribution in [0.5, 0.6) is 5.75 Å². The fourth-order valence-corrected chi connectivity index (χ4v) is 1.29. The van der Waals surface area contributed by atoms with Gasteiger partial charge in [0.25, 0.3) is 0 Å². The zero-order valence-corrected chi connectivity index (χ0v) is 9.03. The summed E-state index contributed by atoms with van der Waals surface area (Å²) in [6.45, 7) is 1.71. The van der Waals surface area contributed by atoms with E-state index in [1.807, 2.05) is 18.2 Å². The molecule has 0 saturated carbocycles. The Morgan fingerprint density at radius 3 is 2.73 bits per heavy atom. The van der Waals surface area contributed by atoms with Gasteiger partial charge < -0.3 is 20.9 Å². The van der Waals surface area contributed by atoms with E-state index in [1.54, 1.807) is 7.11 Å². The van der Waals surface area contributed by atoms with Gasteiger partial charge in [0.1, 0.15) is 12.4 Å². The van der Waals surface area contributed by atoms with Crippen LogP contribution in [-0.2, 0) is 11.2 Å². The Morgan fingerprint density at radius 2 is 2.07 bits per heavy atom. The van der Waals surface area contributed by atoms with Crippen molar-refractivity contribution in [3.8, 4) is 5.75 Å². The van der Waals surface area contributed by atoms with Crippen molar-refractivity contribution in [1.29, 1.82) is 0 Å². The van der Waals surface area contributed by atoms with Crippen LogP contribution >= 0.6 is 0 Å². The van der Waals surface area contributed by atoms with Gasteiger partial charge in [-0.15, -0.1) is 0 Å². The van der Waals surface area contributed by atoms with Gasteiger partial charge in [0.05, 0.1) is 6.61 Å². The standard InChI is InChI=1S/C11H18N2O2/c1-14-6-7-15-10-2-3-11(13)9(8-10)4-5-12/h2-3,8H,4-7,12-13H2,1H3. The number of nitrogen functional groups attached to an aromatic ring is 1. The molecule has 0 unspecified atom stereocenters. The number of hydrogen-bond donors (Lipinski definition) is 2. The van der Waals surface area contributed by atoms with Crippen molar-refractivity contribution < 1.29 is 9.47 Å². The van der Waals surface area contributed by atoms with Crippen molar-refractivity contribution in [1.82, 2.24) is 0 Å². The predicted molar refractivity (Wildman–Crippen MR) is 61.0 cm³/mol. The Bertz CT molecular complexity index is 303. The molecular formula is C11H18N2O2. The van der Waals surface area contributed by atoms with E-state index in [1.165, 1.54) is 0 Å². The summed E-state index contributed by atoms with van der Waals surface area (Å²) in [6, 6.07) is 5.62. The molecule has 0 heterocycles. The fraction of sp³-hybridized carbons (Fsp3) is 0.455. The molecule has 0 atom stereocenters. The quantitative estimate of drug-likeness (QED) is 0.538. The second-order valence-electron chi connectivity index (χ2n) is 3.24. The van der Waals surface area contributed by atoms with E-state index in [0.29, 0.717) is 19.8 Å². The van der Waals surface area contributed by atoms with Crippen LogP contribution < -0.4 is 16.2 Å². The molecule has 0 aliphatic heterocycles. The van der Waals surface area contributed by atoms with Gasteiger partial charge in [-0.05, 0) is 36.7 Å². The van der Waals surface area contributed by atoms with Crippen LogP contribution in [0.15, 0.2) is 18.2 Å². The minimum atomic E-state index is 0.544. The van der Waals surface area contributed by atoms with Crippen LogP contribution in [0.4, 0.5) is 5.69 Å². The average molecular weight is 210 g/mol. The van der Waals surface area contributed by atoms with Crippen molar-refractivity contribution in [3.63, 3.8) is 0 Å². The average Bonchev–Trinajstić information content (AvgIpc) is 2.23. The monoisotopic (exact) mass is 210 g/mol. The van der Waals surface area contributed by atoms with E-state index >= 15 is 0 Å². The summed E-state index contributed by atoms with van der Waals surface area (Å²) in [5.41, 5.74) is 13.1. The van der Waals surface area contributed by atoms with Crippen LogP contribution in [0, 0.1) is 0 Å².